The molecule has 0 saturated carbocycles. The van der Waals surface area contributed by atoms with Crippen molar-refractivity contribution >= 4 is 22.4 Å². The maximum Gasteiger partial charge on any atom is 0.260 e. The first-order valence-electron chi connectivity index (χ1n) is 6.94. The van der Waals surface area contributed by atoms with Gasteiger partial charge in [0, 0.05) is 10.4 Å². The summed E-state index contributed by atoms with van der Waals surface area (Å²) in [6.45, 7) is 1.74. The van der Waals surface area contributed by atoms with E-state index in [1.54, 1.807) is 13.0 Å². The highest BCUT2D eigenvalue weighted by Crippen LogP contribution is 2.31. The van der Waals surface area contributed by atoms with Gasteiger partial charge >= 0.3 is 0 Å². The maximum absolute atomic E-state index is 13.6. The number of nitrogens with zero attached hydrogens (tertiary/aromatic N) is 1. The van der Waals surface area contributed by atoms with Crippen LogP contribution in [-0.4, -0.2) is 10.9 Å². The van der Waals surface area contributed by atoms with Gasteiger partial charge in [-0.3, -0.25) is 10.1 Å². The normalized spacial score (nSPS) is 10.7. The zero-order valence-electron chi connectivity index (χ0n) is 12.4. The lowest BCUT2D eigenvalue weighted by Crippen LogP contribution is -2.13. The van der Waals surface area contributed by atoms with Crippen LogP contribution in [0.2, 0.25) is 0 Å². The summed E-state index contributed by atoms with van der Waals surface area (Å²) >= 11 is 1.17. The lowest BCUT2D eigenvalue weighted by molar-refractivity contribution is 0.102. The molecule has 1 aromatic heterocycles. The number of aryl methyl sites for hydroxylation is 1. The van der Waals surface area contributed by atoms with Gasteiger partial charge in [0.2, 0.25) is 0 Å². The maximum atomic E-state index is 13.6. The van der Waals surface area contributed by atoms with Crippen LogP contribution in [0.25, 0.3) is 11.3 Å². The van der Waals surface area contributed by atoms with Crippen LogP contribution in [0.1, 0.15) is 15.2 Å². The van der Waals surface area contributed by atoms with Gasteiger partial charge in [-0.05, 0) is 37.3 Å². The average Bonchev–Trinajstić information content (AvgIpc) is 2.91. The second-order valence-corrected chi connectivity index (χ2v) is 6.19. The van der Waals surface area contributed by atoms with Gasteiger partial charge in [-0.1, -0.05) is 12.1 Å². The molecule has 1 heterocycles. The van der Waals surface area contributed by atoms with Crippen molar-refractivity contribution < 1.29 is 18.0 Å². The van der Waals surface area contributed by atoms with E-state index in [4.69, 9.17) is 0 Å². The number of rotatable bonds is 3. The molecule has 0 fully saturated rings. The lowest BCUT2D eigenvalue weighted by Gasteiger charge is -2.02. The van der Waals surface area contributed by atoms with Gasteiger partial charge in [0.05, 0.1) is 11.3 Å². The Balaban J connectivity index is 1.88. The minimum Gasteiger partial charge on any atom is -0.298 e. The molecule has 7 heteroatoms. The van der Waals surface area contributed by atoms with Crippen molar-refractivity contribution in [3.05, 3.63) is 70.4 Å². The minimum absolute atomic E-state index is 0.0975. The number of halogens is 3. The third kappa shape index (κ3) is 3.16. The second kappa shape index (κ2) is 6.45. The van der Waals surface area contributed by atoms with Crippen molar-refractivity contribution in [1.82, 2.24) is 4.98 Å². The zero-order valence-corrected chi connectivity index (χ0v) is 13.3. The fraction of sp³-hybridized carbons (Fsp3) is 0.0588. The Morgan fingerprint density at radius 2 is 1.79 bits per heavy atom. The van der Waals surface area contributed by atoms with Gasteiger partial charge in [-0.15, -0.1) is 11.3 Å². The van der Waals surface area contributed by atoms with E-state index in [-0.39, 0.29) is 10.7 Å². The van der Waals surface area contributed by atoms with E-state index in [0.29, 0.717) is 16.1 Å². The fourth-order valence-electron chi connectivity index (χ4n) is 2.17. The van der Waals surface area contributed by atoms with Crippen LogP contribution in [0, 0.1) is 24.4 Å². The van der Waals surface area contributed by atoms with Gasteiger partial charge in [-0.25, -0.2) is 18.2 Å². The van der Waals surface area contributed by atoms with Crippen LogP contribution in [0.5, 0.6) is 0 Å². The zero-order chi connectivity index (χ0) is 17.3. The van der Waals surface area contributed by atoms with Crippen molar-refractivity contribution in [3.8, 4) is 11.3 Å². The topological polar surface area (TPSA) is 42.0 Å². The summed E-state index contributed by atoms with van der Waals surface area (Å²) in [4.78, 5) is 17.0. The standard InChI is InChI=1S/C17H11F3N2OS/c1-9-15(10-6-7-13(19)14(20)8-10)21-17(24-9)22-16(23)11-4-2-3-5-12(11)18/h2-8H,1H3,(H,21,22,23). The van der Waals surface area contributed by atoms with Crippen LogP contribution in [0.4, 0.5) is 18.3 Å². The SMILES string of the molecule is Cc1sc(NC(=O)c2ccccc2F)nc1-c1ccc(F)c(F)c1. The number of hydrogen-bond acceptors (Lipinski definition) is 3. The summed E-state index contributed by atoms with van der Waals surface area (Å²) in [5, 5.41) is 2.77. The molecule has 0 aliphatic rings. The number of carbonyl (C=O) groups excluding carboxylic acids is 1. The number of nitrogens with one attached hydrogen (secondary N) is 1. The Bertz CT molecular complexity index is 924. The highest BCUT2D eigenvalue weighted by atomic mass is 32.1. The number of aromatic nitrogens is 1. The van der Waals surface area contributed by atoms with Crippen molar-refractivity contribution in [2.75, 3.05) is 5.32 Å². The van der Waals surface area contributed by atoms with Gasteiger partial charge in [-0.2, -0.15) is 0 Å². The number of hydrogen-bond donors (Lipinski definition) is 1. The summed E-state index contributed by atoms with van der Waals surface area (Å²) in [7, 11) is 0. The summed E-state index contributed by atoms with van der Waals surface area (Å²) in [5.74, 6) is -3.18. The second-order valence-electron chi connectivity index (χ2n) is 4.99. The molecule has 0 atom stereocenters. The predicted molar refractivity (Wildman–Crippen MR) is 86.6 cm³/mol. The van der Waals surface area contributed by atoms with Crippen molar-refractivity contribution in [3.63, 3.8) is 0 Å². The summed E-state index contributed by atoms with van der Waals surface area (Å²) in [6, 6.07) is 9.05. The molecule has 1 N–H and O–H groups in total. The van der Waals surface area contributed by atoms with E-state index < -0.39 is 23.4 Å². The predicted octanol–water partition coefficient (Wildman–Crippen LogP) is 4.79. The molecule has 0 aliphatic heterocycles. The lowest BCUT2D eigenvalue weighted by atomic mass is 10.1. The molecule has 0 saturated heterocycles. The highest BCUT2D eigenvalue weighted by Gasteiger charge is 2.16. The molecule has 0 radical (unpaired) electrons. The first-order chi connectivity index (χ1) is 11.5. The number of thiazole rings is 1. The first kappa shape index (κ1) is 16.2. The van der Waals surface area contributed by atoms with Crippen LogP contribution in [0.3, 0.4) is 0 Å². The van der Waals surface area contributed by atoms with Crippen LogP contribution < -0.4 is 5.32 Å². The minimum atomic E-state index is -0.975. The quantitative estimate of drug-likeness (QED) is 0.739. The van der Waals surface area contributed by atoms with Gasteiger partial charge in [0.15, 0.2) is 16.8 Å². The fourth-order valence-corrected chi connectivity index (χ4v) is 3.00. The molecule has 24 heavy (non-hydrogen) atoms. The molecule has 0 bridgehead atoms. The number of carbonyl (C=O) groups is 1. The number of amides is 1. The molecule has 3 nitrogen and oxygen atoms in total. The first-order valence-corrected chi connectivity index (χ1v) is 7.76. The van der Waals surface area contributed by atoms with E-state index in [9.17, 15) is 18.0 Å². The van der Waals surface area contributed by atoms with Gasteiger partial charge in [0.25, 0.3) is 5.91 Å². The van der Waals surface area contributed by atoms with Gasteiger partial charge < -0.3 is 0 Å². The Hall–Kier alpha value is -2.67. The van der Waals surface area contributed by atoms with Crippen LogP contribution in [-0.2, 0) is 0 Å². The molecular weight excluding hydrogens is 337 g/mol. The smallest absolute Gasteiger partial charge is 0.260 e. The number of benzene rings is 2. The summed E-state index contributed by atoms with van der Waals surface area (Å²) < 4.78 is 40.0. The third-order valence-electron chi connectivity index (χ3n) is 3.33. The molecule has 2 aromatic carbocycles. The number of anilines is 1. The molecule has 3 aromatic rings. The van der Waals surface area contributed by atoms with E-state index in [1.807, 2.05) is 0 Å². The Kier molecular flexibility index (Phi) is 4.35. The molecule has 0 unspecified atom stereocenters. The van der Waals surface area contributed by atoms with Crippen molar-refractivity contribution in [1.29, 1.82) is 0 Å². The summed E-state index contributed by atoms with van der Waals surface area (Å²) in [6.07, 6.45) is 0. The Labute approximate surface area is 139 Å². The van der Waals surface area contributed by atoms with Crippen molar-refractivity contribution in [2.45, 2.75) is 6.92 Å². The van der Waals surface area contributed by atoms with E-state index >= 15 is 0 Å². The Morgan fingerprint density at radius 1 is 1.04 bits per heavy atom. The molecule has 0 spiro atoms. The van der Waals surface area contributed by atoms with Crippen LogP contribution >= 0.6 is 11.3 Å². The van der Waals surface area contributed by atoms with Gasteiger partial charge in [0.1, 0.15) is 5.82 Å². The molecule has 0 aliphatic carbocycles. The largest absolute Gasteiger partial charge is 0.298 e. The van der Waals surface area contributed by atoms with Crippen molar-refractivity contribution in [2.24, 2.45) is 0 Å². The van der Waals surface area contributed by atoms with E-state index in [2.05, 4.69) is 10.3 Å². The molecule has 122 valence electrons. The Morgan fingerprint density at radius 3 is 2.50 bits per heavy atom. The third-order valence-corrected chi connectivity index (χ3v) is 4.21. The molecule has 3 rings (SSSR count). The van der Waals surface area contributed by atoms with Crippen LogP contribution in [0.15, 0.2) is 42.5 Å². The van der Waals surface area contributed by atoms with E-state index in [1.165, 1.54) is 35.6 Å². The average molecular weight is 348 g/mol. The molecular formula is C17H11F3N2OS. The summed E-state index contributed by atoms with van der Waals surface area (Å²) in [5.41, 5.74) is 0.733. The monoisotopic (exact) mass is 348 g/mol. The molecule has 1 amide bonds. The highest BCUT2D eigenvalue weighted by molar-refractivity contribution is 7.16. The van der Waals surface area contributed by atoms with E-state index in [0.717, 1.165) is 12.1 Å².